The first-order valence-corrected chi connectivity index (χ1v) is 7.36. The van der Waals surface area contributed by atoms with Gasteiger partial charge in [0.2, 0.25) is 5.16 Å². The van der Waals surface area contributed by atoms with E-state index in [0.717, 1.165) is 27.2 Å². The molecule has 1 heterocycles. The summed E-state index contributed by atoms with van der Waals surface area (Å²) in [5.41, 5.74) is 1.09. The molecular weight excluding hydrogens is 282 g/mol. The van der Waals surface area contributed by atoms with Crippen molar-refractivity contribution < 1.29 is 0 Å². The van der Waals surface area contributed by atoms with Crippen molar-refractivity contribution in [2.45, 2.75) is 35.5 Å². The van der Waals surface area contributed by atoms with E-state index in [1.807, 2.05) is 23.9 Å². The van der Waals surface area contributed by atoms with E-state index in [-0.39, 0.29) is 0 Å². The minimum Gasteiger partial charge on any atom is -0.316 e. The molecule has 1 aromatic heterocycles. The van der Waals surface area contributed by atoms with Crippen LogP contribution >= 0.6 is 23.4 Å². The summed E-state index contributed by atoms with van der Waals surface area (Å²) < 4.78 is 1.90. The van der Waals surface area contributed by atoms with Crippen LogP contribution in [0.3, 0.4) is 0 Å². The number of benzene rings is 1. The summed E-state index contributed by atoms with van der Waals surface area (Å²) in [6.45, 7) is 0.767. The molecule has 1 fully saturated rings. The second kappa shape index (κ2) is 5.48. The smallest absolute Gasteiger partial charge is 0.214 e. The normalized spacial score (nSPS) is 14.8. The molecule has 2 aromatic rings. The van der Waals surface area contributed by atoms with E-state index in [4.69, 9.17) is 11.6 Å². The topological polar surface area (TPSA) is 55.6 Å². The Kier molecular flexibility index (Phi) is 3.72. The van der Waals surface area contributed by atoms with Crippen molar-refractivity contribution in [3.63, 3.8) is 0 Å². The molecular formula is C12H14ClN5S. The molecule has 3 rings (SSSR count). The third kappa shape index (κ3) is 2.91. The zero-order valence-corrected chi connectivity index (χ0v) is 12.1. The fourth-order valence-corrected chi connectivity index (χ4v) is 3.02. The summed E-state index contributed by atoms with van der Waals surface area (Å²) in [5.74, 6) is 0. The molecule has 1 aromatic carbocycles. The quantitative estimate of drug-likeness (QED) is 0.918. The number of nitrogens with one attached hydrogen (secondary N) is 1. The first-order chi connectivity index (χ1) is 9.28. The summed E-state index contributed by atoms with van der Waals surface area (Å²) in [6.07, 6.45) is 2.33. The lowest BCUT2D eigenvalue weighted by Gasteiger charge is -2.06. The van der Waals surface area contributed by atoms with Gasteiger partial charge in [0.1, 0.15) is 0 Å². The number of hydrogen-bond acceptors (Lipinski definition) is 5. The second-order valence-electron chi connectivity index (χ2n) is 4.52. The third-order valence-corrected chi connectivity index (χ3v) is 4.25. The molecule has 5 nitrogen and oxygen atoms in total. The van der Waals surface area contributed by atoms with Crippen LogP contribution in [0, 0.1) is 0 Å². The molecule has 0 bridgehead atoms. The summed E-state index contributed by atoms with van der Waals surface area (Å²) in [6, 6.07) is 6.53. The Labute approximate surface area is 120 Å². The molecule has 100 valence electrons. The molecule has 0 atom stereocenters. The number of hydrogen-bond donors (Lipinski definition) is 1. The van der Waals surface area contributed by atoms with Gasteiger partial charge in [0.15, 0.2) is 0 Å². The maximum absolute atomic E-state index is 6.25. The van der Waals surface area contributed by atoms with E-state index in [2.05, 4.69) is 26.9 Å². The monoisotopic (exact) mass is 295 g/mol. The van der Waals surface area contributed by atoms with E-state index in [1.165, 1.54) is 12.8 Å². The van der Waals surface area contributed by atoms with Crippen LogP contribution in [0.2, 0.25) is 5.02 Å². The number of nitrogens with zero attached hydrogens (tertiary/aromatic N) is 4. The average Bonchev–Trinajstić information content (AvgIpc) is 3.14. The number of aromatic nitrogens is 4. The van der Waals surface area contributed by atoms with Crippen LogP contribution in [0.15, 0.2) is 28.3 Å². The Morgan fingerprint density at radius 3 is 3.00 bits per heavy atom. The number of halogens is 1. The third-order valence-electron chi connectivity index (χ3n) is 2.96. The van der Waals surface area contributed by atoms with Gasteiger partial charge in [-0.05, 0) is 59.8 Å². The van der Waals surface area contributed by atoms with Crippen molar-refractivity contribution in [1.82, 2.24) is 25.5 Å². The second-order valence-corrected chi connectivity index (χ2v) is 5.97. The van der Waals surface area contributed by atoms with Gasteiger partial charge in [-0.2, -0.15) is 0 Å². The van der Waals surface area contributed by atoms with Crippen molar-refractivity contribution in [1.29, 1.82) is 0 Å². The van der Waals surface area contributed by atoms with Crippen LogP contribution in [0.5, 0.6) is 0 Å². The summed E-state index contributed by atoms with van der Waals surface area (Å²) in [4.78, 5) is 1.06. The summed E-state index contributed by atoms with van der Waals surface area (Å²) in [7, 11) is 1.91. The number of tetrazole rings is 1. The maximum Gasteiger partial charge on any atom is 0.214 e. The van der Waals surface area contributed by atoms with Crippen molar-refractivity contribution in [2.75, 3.05) is 7.05 Å². The van der Waals surface area contributed by atoms with Gasteiger partial charge < -0.3 is 5.32 Å². The Hall–Kier alpha value is -1.11. The lowest BCUT2D eigenvalue weighted by atomic mass is 10.2. The van der Waals surface area contributed by atoms with Crippen LogP contribution in [0.1, 0.15) is 24.4 Å². The molecule has 19 heavy (non-hydrogen) atoms. The van der Waals surface area contributed by atoms with Gasteiger partial charge >= 0.3 is 0 Å². The zero-order valence-electron chi connectivity index (χ0n) is 10.5. The van der Waals surface area contributed by atoms with E-state index < -0.39 is 0 Å². The SMILES string of the molecule is CNCc1ccc(Sc2nnnn2C2CC2)cc1Cl. The zero-order chi connectivity index (χ0) is 13.2. The predicted octanol–water partition coefficient (Wildman–Crippen LogP) is 2.53. The van der Waals surface area contributed by atoms with Crippen molar-refractivity contribution in [2.24, 2.45) is 0 Å². The molecule has 0 aliphatic heterocycles. The largest absolute Gasteiger partial charge is 0.316 e. The van der Waals surface area contributed by atoms with E-state index in [9.17, 15) is 0 Å². The van der Waals surface area contributed by atoms with Gasteiger partial charge in [-0.15, -0.1) is 5.10 Å². The standard InChI is InChI=1S/C12H14ClN5S/c1-14-7-8-2-5-10(6-11(8)13)19-12-15-16-17-18(12)9-3-4-9/h2,5-6,9,14H,3-4,7H2,1H3. The molecule has 7 heteroatoms. The van der Waals surface area contributed by atoms with Crippen LogP contribution in [0.25, 0.3) is 0 Å². The van der Waals surface area contributed by atoms with Crippen LogP contribution in [0.4, 0.5) is 0 Å². The van der Waals surface area contributed by atoms with E-state index >= 15 is 0 Å². The lowest BCUT2D eigenvalue weighted by Crippen LogP contribution is -2.05. The van der Waals surface area contributed by atoms with Crippen LogP contribution in [-0.4, -0.2) is 27.3 Å². The Morgan fingerprint density at radius 2 is 2.32 bits per heavy atom. The molecule has 0 saturated heterocycles. The Morgan fingerprint density at radius 1 is 1.47 bits per heavy atom. The Bertz CT molecular complexity index is 581. The first-order valence-electron chi connectivity index (χ1n) is 6.16. The minimum absolute atomic E-state index is 0.483. The fourth-order valence-electron chi connectivity index (χ4n) is 1.83. The molecule has 1 aliphatic carbocycles. The van der Waals surface area contributed by atoms with Crippen molar-refractivity contribution >= 4 is 23.4 Å². The van der Waals surface area contributed by atoms with Gasteiger partial charge in [0.25, 0.3) is 0 Å². The fraction of sp³-hybridized carbons (Fsp3) is 0.417. The van der Waals surface area contributed by atoms with Crippen molar-refractivity contribution in [3.8, 4) is 0 Å². The van der Waals surface area contributed by atoms with Gasteiger partial charge in [-0.1, -0.05) is 17.7 Å². The van der Waals surface area contributed by atoms with E-state index in [1.54, 1.807) is 11.8 Å². The van der Waals surface area contributed by atoms with Crippen LogP contribution < -0.4 is 5.32 Å². The van der Waals surface area contributed by atoms with Gasteiger partial charge in [0.05, 0.1) is 6.04 Å². The average molecular weight is 296 g/mol. The molecule has 1 aliphatic rings. The summed E-state index contributed by atoms with van der Waals surface area (Å²) >= 11 is 7.80. The Balaban J connectivity index is 1.79. The molecule has 0 unspecified atom stereocenters. The van der Waals surface area contributed by atoms with Crippen molar-refractivity contribution in [3.05, 3.63) is 28.8 Å². The highest BCUT2D eigenvalue weighted by Gasteiger charge is 2.28. The molecule has 0 amide bonds. The highest BCUT2D eigenvalue weighted by Crippen LogP contribution is 2.38. The highest BCUT2D eigenvalue weighted by molar-refractivity contribution is 7.99. The van der Waals surface area contributed by atoms with Gasteiger partial charge in [-0.25, -0.2) is 4.68 Å². The van der Waals surface area contributed by atoms with Gasteiger partial charge in [0, 0.05) is 16.5 Å². The molecule has 1 N–H and O–H groups in total. The first kappa shape index (κ1) is 12.9. The van der Waals surface area contributed by atoms with Gasteiger partial charge in [-0.3, -0.25) is 0 Å². The molecule has 0 radical (unpaired) electrons. The van der Waals surface area contributed by atoms with E-state index in [0.29, 0.717) is 6.04 Å². The maximum atomic E-state index is 6.25. The minimum atomic E-state index is 0.483. The predicted molar refractivity (Wildman–Crippen MR) is 74.4 cm³/mol. The lowest BCUT2D eigenvalue weighted by molar-refractivity contribution is 0.565. The summed E-state index contributed by atoms with van der Waals surface area (Å²) in [5, 5.41) is 16.6. The van der Waals surface area contributed by atoms with Crippen LogP contribution in [-0.2, 0) is 6.54 Å². The number of rotatable bonds is 5. The molecule has 0 spiro atoms. The molecule has 1 saturated carbocycles. The highest BCUT2D eigenvalue weighted by atomic mass is 35.5.